The molecule has 0 unspecified atom stereocenters. The third kappa shape index (κ3) is 4.11. The molecule has 0 radical (unpaired) electrons. The predicted octanol–water partition coefficient (Wildman–Crippen LogP) is 2.36. The minimum absolute atomic E-state index is 0.262. The van der Waals surface area contributed by atoms with Crippen molar-refractivity contribution in [2.45, 2.75) is 39.7 Å². The molecule has 0 amide bonds. The molecular weight excluding hydrogens is 334 g/mol. The lowest BCUT2D eigenvalue weighted by Gasteiger charge is -2.35. The highest BCUT2D eigenvalue weighted by atomic mass is 32.2. The third-order valence-corrected chi connectivity index (χ3v) is 7.51. The van der Waals surface area contributed by atoms with Crippen molar-refractivity contribution in [2.75, 3.05) is 33.9 Å². The highest BCUT2D eigenvalue weighted by Gasteiger charge is 2.34. The van der Waals surface area contributed by atoms with Gasteiger partial charge in [0.15, 0.2) is 0 Å². The number of rotatable bonds is 6. The summed E-state index contributed by atoms with van der Waals surface area (Å²) < 4.78 is 34.0. The Morgan fingerprint density at radius 2 is 2.00 bits per heavy atom. The van der Waals surface area contributed by atoms with E-state index >= 15 is 0 Å². The van der Waals surface area contributed by atoms with Crippen LogP contribution in [0.3, 0.4) is 0 Å². The summed E-state index contributed by atoms with van der Waals surface area (Å²) in [5.74, 6) is 0.456. The Morgan fingerprint density at radius 3 is 2.48 bits per heavy atom. The van der Waals surface area contributed by atoms with Crippen LogP contribution in [0.2, 0.25) is 0 Å². The normalized spacial score (nSPS) is 19.4. The molecule has 23 heavy (non-hydrogen) atoms. The van der Waals surface area contributed by atoms with Gasteiger partial charge in [-0.05, 0) is 39.5 Å². The van der Waals surface area contributed by atoms with E-state index in [1.54, 1.807) is 29.8 Å². The predicted molar refractivity (Wildman–Crippen MR) is 92.9 cm³/mol. The number of piperidine rings is 1. The minimum atomic E-state index is -3.46. The average molecular weight is 362 g/mol. The molecule has 1 aromatic heterocycles. The molecular formula is C15H27N3O3S2. The molecule has 0 spiro atoms. The van der Waals surface area contributed by atoms with Gasteiger partial charge in [0.25, 0.3) is 10.2 Å². The van der Waals surface area contributed by atoms with Crippen LogP contribution in [0.5, 0.6) is 0 Å². The maximum Gasteiger partial charge on any atom is 0.282 e. The number of hydrogen-bond acceptors (Lipinski definition) is 5. The Labute approximate surface area is 143 Å². The molecule has 2 rings (SSSR count). The van der Waals surface area contributed by atoms with Gasteiger partial charge in [-0.2, -0.15) is 17.0 Å². The van der Waals surface area contributed by atoms with Gasteiger partial charge < -0.3 is 4.74 Å². The molecule has 1 atom stereocenters. The third-order valence-electron chi connectivity index (χ3n) is 4.55. The molecule has 0 bridgehead atoms. The fourth-order valence-corrected chi connectivity index (χ4v) is 5.47. The maximum absolute atomic E-state index is 12.9. The number of methoxy groups -OCH3 is 1. The van der Waals surface area contributed by atoms with Crippen LogP contribution >= 0.6 is 11.3 Å². The van der Waals surface area contributed by atoms with Crippen LogP contribution in [0.4, 0.5) is 0 Å². The molecule has 132 valence electrons. The number of ether oxygens (including phenoxy) is 1. The Bertz CT molecular complexity index is 622. The van der Waals surface area contributed by atoms with Gasteiger partial charge in [0.2, 0.25) is 0 Å². The van der Waals surface area contributed by atoms with Crippen molar-refractivity contribution in [1.29, 1.82) is 0 Å². The molecule has 1 aliphatic rings. The van der Waals surface area contributed by atoms with Crippen LogP contribution in [0, 0.1) is 19.8 Å². The zero-order valence-corrected chi connectivity index (χ0v) is 16.2. The van der Waals surface area contributed by atoms with Gasteiger partial charge in [0, 0.05) is 38.7 Å². The number of aryl methyl sites for hydroxylation is 2. The van der Waals surface area contributed by atoms with Crippen LogP contribution in [0.15, 0.2) is 0 Å². The van der Waals surface area contributed by atoms with Crippen LogP contribution in [0.1, 0.15) is 41.4 Å². The van der Waals surface area contributed by atoms with Gasteiger partial charge in [-0.25, -0.2) is 4.98 Å². The molecule has 6 nitrogen and oxygen atoms in total. The lowest BCUT2D eigenvalue weighted by atomic mass is 9.99. The van der Waals surface area contributed by atoms with Gasteiger partial charge >= 0.3 is 0 Å². The van der Waals surface area contributed by atoms with E-state index < -0.39 is 10.2 Å². The Hall–Kier alpha value is -0.540. The number of thiazole rings is 1. The van der Waals surface area contributed by atoms with Crippen molar-refractivity contribution in [1.82, 2.24) is 13.6 Å². The van der Waals surface area contributed by atoms with E-state index in [2.05, 4.69) is 4.98 Å². The first-order valence-corrected chi connectivity index (χ1v) is 10.1. The van der Waals surface area contributed by atoms with Gasteiger partial charge in [0.05, 0.1) is 16.7 Å². The smallest absolute Gasteiger partial charge is 0.282 e. The van der Waals surface area contributed by atoms with Crippen molar-refractivity contribution in [2.24, 2.45) is 5.92 Å². The van der Waals surface area contributed by atoms with E-state index in [1.165, 1.54) is 4.31 Å². The first-order chi connectivity index (χ1) is 10.8. The molecule has 0 saturated carbocycles. The van der Waals surface area contributed by atoms with E-state index in [9.17, 15) is 8.42 Å². The first-order valence-electron chi connectivity index (χ1n) is 7.93. The topological polar surface area (TPSA) is 62.7 Å². The van der Waals surface area contributed by atoms with Crippen LogP contribution < -0.4 is 0 Å². The highest BCUT2D eigenvalue weighted by molar-refractivity contribution is 7.86. The standard InChI is InChI=1S/C15H27N3O3S2/c1-11(15-12(2)22-13(3)16-15)17(4)23(19,20)18-8-6-14(7-9-18)10-21-5/h11,14H,6-10H2,1-5H3/t11-/m1/s1. The Kier molecular flexibility index (Phi) is 6.18. The second-order valence-corrected chi connectivity index (χ2v) is 9.57. The lowest BCUT2D eigenvalue weighted by Crippen LogP contribution is -2.46. The molecule has 0 N–H and O–H groups in total. The first kappa shape index (κ1) is 18.8. The molecule has 1 aromatic rings. The van der Waals surface area contributed by atoms with Crippen LogP contribution in [-0.2, 0) is 14.9 Å². The summed E-state index contributed by atoms with van der Waals surface area (Å²) in [5, 5.41) is 0.968. The van der Waals surface area contributed by atoms with E-state index in [4.69, 9.17) is 4.74 Å². The van der Waals surface area contributed by atoms with Crippen molar-refractivity contribution < 1.29 is 13.2 Å². The van der Waals surface area contributed by atoms with Crippen LogP contribution in [-0.4, -0.2) is 55.9 Å². The van der Waals surface area contributed by atoms with Gasteiger partial charge in [-0.3, -0.25) is 0 Å². The monoisotopic (exact) mass is 361 g/mol. The minimum Gasteiger partial charge on any atom is -0.384 e. The van der Waals surface area contributed by atoms with E-state index in [0.717, 1.165) is 28.4 Å². The average Bonchev–Trinajstić information content (AvgIpc) is 2.85. The summed E-state index contributed by atoms with van der Waals surface area (Å²) in [5.41, 5.74) is 0.854. The molecule has 1 saturated heterocycles. The van der Waals surface area contributed by atoms with Gasteiger partial charge in [-0.15, -0.1) is 11.3 Å². The number of hydrogen-bond donors (Lipinski definition) is 0. The summed E-state index contributed by atoms with van der Waals surface area (Å²) in [4.78, 5) is 5.58. The van der Waals surface area contributed by atoms with Crippen molar-refractivity contribution in [3.05, 3.63) is 15.6 Å². The summed E-state index contributed by atoms with van der Waals surface area (Å²) in [7, 11) is -0.125. The van der Waals surface area contributed by atoms with E-state index in [1.807, 2.05) is 20.8 Å². The molecule has 1 aliphatic heterocycles. The highest BCUT2D eigenvalue weighted by Crippen LogP contribution is 2.30. The Morgan fingerprint density at radius 1 is 1.39 bits per heavy atom. The zero-order chi connectivity index (χ0) is 17.2. The molecule has 8 heteroatoms. The van der Waals surface area contributed by atoms with Crippen molar-refractivity contribution >= 4 is 21.5 Å². The van der Waals surface area contributed by atoms with Gasteiger partial charge in [0.1, 0.15) is 0 Å². The van der Waals surface area contributed by atoms with E-state index in [0.29, 0.717) is 25.6 Å². The van der Waals surface area contributed by atoms with Crippen LogP contribution in [0.25, 0.3) is 0 Å². The SMILES string of the molecule is COCC1CCN(S(=O)(=O)N(C)[C@H](C)c2nc(C)sc2C)CC1. The fourth-order valence-electron chi connectivity index (χ4n) is 3.03. The largest absolute Gasteiger partial charge is 0.384 e. The summed E-state index contributed by atoms with van der Waals surface area (Å²) in [6.45, 7) is 7.66. The van der Waals surface area contributed by atoms with Crippen molar-refractivity contribution in [3.8, 4) is 0 Å². The molecule has 2 heterocycles. The lowest BCUT2D eigenvalue weighted by molar-refractivity contribution is 0.119. The van der Waals surface area contributed by atoms with Gasteiger partial charge in [-0.1, -0.05) is 0 Å². The molecule has 0 aromatic carbocycles. The summed E-state index contributed by atoms with van der Waals surface area (Å²) in [6.07, 6.45) is 1.70. The Balaban J connectivity index is 2.08. The summed E-state index contributed by atoms with van der Waals surface area (Å²) >= 11 is 1.61. The van der Waals surface area contributed by atoms with Crippen molar-refractivity contribution in [3.63, 3.8) is 0 Å². The molecule has 0 aliphatic carbocycles. The number of aromatic nitrogens is 1. The quantitative estimate of drug-likeness (QED) is 0.780. The number of nitrogens with zero attached hydrogens (tertiary/aromatic N) is 3. The zero-order valence-electron chi connectivity index (χ0n) is 14.6. The summed E-state index contributed by atoms with van der Waals surface area (Å²) in [6, 6.07) is -0.262. The second kappa shape index (κ2) is 7.57. The maximum atomic E-state index is 12.9. The fraction of sp³-hybridized carbons (Fsp3) is 0.800. The molecule has 1 fully saturated rings. The van der Waals surface area contributed by atoms with E-state index in [-0.39, 0.29) is 6.04 Å². The second-order valence-electron chi connectivity index (χ2n) is 6.17.